The van der Waals surface area contributed by atoms with Crippen LogP contribution in [-0.4, -0.2) is 53.5 Å². The highest BCUT2D eigenvalue weighted by atomic mass is 35.5. The highest BCUT2D eigenvalue weighted by molar-refractivity contribution is 6.30. The Morgan fingerprint density at radius 1 is 1.02 bits per heavy atom. The van der Waals surface area contributed by atoms with Crippen molar-refractivity contribution in [2.45, 2.75) is 64.7 Å². The summed E-state index contributed by atoms with van der Waals surface area (Å²) in [5.74, 6) is 0.171. The van der Waals surface area contributed by atoms with E-state index in [0.717, 1.165) is 29.5 Å². The van der Waals surface area contributed by atoms with Gasteiger partial charge in [0.25, 0.3) is 0 Å². The molecule has 218 valence electrons. The van der Waals surface area contributed by atoms with Gasteiger partial charge in [-0.3, -0.25) is 0 Å². The summed E-state index contributed by atoms with van der Waals surface area (Å²) < 4.78 is 16.3. The van der Waals surface area contributed by atoms with Gasteiger partial charge < -0.3 is 24.2 Å². The number of hydrogen-bond acceptors (Lipinski definition) is 6. The third kappa shape index (κ3) is 8.47. The van der Waals surface area contributed by atoms with Crippen LogP contribution < -0.4 is 4.74 Å². The molecule has 3 aromatic carbocycles. The Labute approximate surface area is 247 Å². The Balaban J connectivity index is 1.55. The number of rotatable bonds is 9. The first-order valence-electron chi connectivity index (χ1n) is 14.0. The summed E-state index contributed by atoms with van der Waals surface area (Å²) in [5.41, 5.74) is 4.32. The zero-order valence-corrected chi connectivity index (χ0v) is 24.8. The molecule has 1 N–H and O–H groups in total. The van der Waals surface area contributed by atoms with Crippen LogP contribution in [0.5, 0.6) is 5.75 Å². The number of aliphatic hydroxyl groups excluding tert-OH is 1. The molecule has 2 atom stereocenters. The molecule has 41 heavy (non-hydrogen) atoms. The van der Waals surface area contributed by atoms with Gasteiger partial charge in [0.1, 0.15) is 11.4 Å². The summed E-state index contributed by atoms with van der Waals surface area (Å²) in [6.45, 7) is 7.52. The molecule has 0 spiro atoms. The number of benzene rings is 3. The number of fused-ring (bicyclic) bond motifs is 1. The van der Waals surface area contributed by atoms with Crippen molar-refractivity contribution in [2.24, 2.45) is 0 Å². The van der Waals surface area contributed by atoms with E-state index in [2.05, 4.69) is 18.2 Å². The minimum atomic E-state index is -0.911. The van der Waals surface area contributed by atoms with Crippen molar-refractivity contribution in [3.8, 4) is 16.9 Å². The number of amides is 1. The lowest BCUT2D eigenvalue weighted by molar-refractivity contribution is -0.145. The summed E-state index contributed by atoms with van der Waals surface area (Å²) in [5, 5.41) is 11.6. The number of carbonyl (C=O) groups excluding carboxylic acids is 2. The van der Waals surface area contributed by atoms with E-state index in [4.69, 9.17) is 25.8 Å². The van der Waals surface area contributed by atoms with Crippen LogP contribution in [0.25, 0.3) is 11.1 Å². The summed E-state index contributed by atoms with van der Waals surface area (Å²) >= 11 is 6.15. The summed E-state index contributed by atoms with van der Waals surface area (Å²) in [4.78, 5) is 26.8. The zero-order valence-electron chi connectivity index (χ0n) is 24.1. The number of ether oxygens (including phenoxy) is 3. The highest BCUT2D eigenvalue weighted by Crippen LogP contribution is 2.32. The number of hydrogen-bond donors (Lipinski definition) is 1. The molecule has 1 amide bonds. The predicted molar refractivity (Wildman–Crippen MR) is 159 cm³/mol. The molecule has 0 aliphatic heterocycles. The van der Waals surface area contributed by atoms with Gasteiger partial charge in [-0.15, -0.1) is 0 Å². The molecule has 0 heterocycles. The molecule has 1 aliphatic carbocycles. The number of aryl methyl sites for hydroxylation is 1. The van der Waals surface area contributed by atoms with E-state index >= 15 is 0 Å². The first-order valence-corrected chi connectivity index (χ1v) is 14.3. The van der Waals surface area contributed by atoms with Crippen molar-refractivity contribution >= 4 is 23.7 Å². The topological polar surface area (TPSA) is 85.3 Å². The number of halogens is 1. The van der Waals surface area contributed by atoms with E-state index in [1.807, 2.05) is 39.0 Å². The average molecular weight is 580 g/mol. The maximum atomic E-state index is 13.4. The van der Waals surface area contributed by atoms with Gasteiger partial charge in [-0.25, -0.2) is 9.59 Å². The van der Waals surface area contributed by atoms with Crippen molar-refractivity contribution in [3.05, 3.63) is 88.4 Å². The fraction of sp³-hybridized carbons (Fsp3) is 0.394. The summed E-state index contributed by atoms with van der Waals surface area (Å²) in [7, 11) is 0. The molecule has 0 aromatic heterocycles. The van der Waals surface area contributed by atoms with E-state index in [1.165, 1.54) is 5.56 Å². The van der Waals surface area contributed by atoms with Crippen molar-refractivity contribution in [1.29, 1.82) is 0 Å². The summed E-state index contributed by atoms with van der Waals surface area (Å²) in [6, 6.07) is 20.8. The summed E-state index contributed by atoms with van der Waals surface area (Å²) in [6.07, 6.45) is 0.825. The molecule has 0 bridgehead atoms. The second-order valence-electron chi connectivity index (χ2n) is 11.2. The number of carbonyl (C=O) groups is 2. The van der Waals surface area contributed by atoms with Crippen LogP contribution in [0.4, 0.5) is 4.79 Å². The van der Waals surface area contributed by atoms with Gasteiger partial charge in [0.15, 0.2) is 6.61 Å². The van der Waals surface area contributed by atoms with Gasteiger partial charge in [0, 0.05) is 11.1 Å². The second-order valence-corrected chi connectivity index (χ2v) is 11.6. The molecule has 0 saturated carbocycles. The average Bonchev–Trinajstić information content (AvgIpc) is 2.93. The molecule has 1 aliphatic rings. The van der Waals surface area contributed by atoms with Crippen LogP contribution in [0.15, 0.2) is 66.7 Å². The van der Waals surface area contributed by atoms with Crippen molar-refractivity contribution in [1.82, 2.24) is 4.90 Å². The Bertz CT molecular complexity index is 1370. The maximum absolute atomic E-state index is 13.4. The predicted octanol–water partition coefficient (Wildman–Crippen LogP) is 6.78. The number of aliphatic hydroxyl groups is 1. The largest absolute Gasteiger partial charge is 0.482 e. The molecule has 0 fully saturated rings. The fourth-order valence-electron chi connectivity index (χ4n) is 4.99. The standard InChI is InChI=1S/C33H38ClNO6/c1-5-39-31(37)21-40-29-11-7-8-23(19-29)24-13-12-22-14-15-28(18-26(22)16-24)35(32(38)41-33(2,3)4)20-30(36)25-9-6-10-27(34)17-25/h6-13,16-17,19,28,30,36H,5,14-15,18,20-21H2,1-4H3/t28-,30-/m0/s1. The molecule has 4 rings (SSSR count). The van der Waals surface area contributed by atoms with Crippen LogP contribution in [0, 0.1) is 0 Å². The van der Waals surface area contributed by atoms with Crippen LogP contribution >= 0.6 is 11.6 Å². The van der Waals surface area contributed by atoms with Crippen LogP contribution in [-0.2, 0) is 27.1 Å². The van der Waals surface area contributed by atoms with Gasteiger partial charge in [-0.05, 0) is 99.0 Å². The third-order valence-corrected chi connectivity index (χ3v) is 7.15. The first kappa shape index (κ1) is 30.4. The van der Waals surface area contributed by atoms with Gasteiger partial charge in [-0.2, -0.15) is 0 Å². The lowest BCUT2D eigenvalue weighted by Crippen LogP contribution is -2.47. The van der Waals surface area contributed by atoms with Gasteiger partial charge in [0.2, 0.25) is 0 Å². The van der Waals surface area contributed by atoms with E-state index in [0.29, 0.717) is 29.4 Å². The lowest BCUT2D eigenvalue weighted by atomic mass is 9.85. The van der Waals surface area contributed by atoms with Crippen molar-refractivity contribution < 1.29 is 28.9 Å². The maximum Gasteiger partial charge on any atom is 0.410 e. The molecule has 7 nitrogen and oxygen atoms in total. The number of esters is 1. The molecular formula is C33H38ClNO6. The molecule has 8 heteroatoms. The molecule has 0 radical (unpaired) electrons. The number of nitrogens with zero attached hydrogens (tertiary/aromatic N) is 1. The third-order valence-electron chi connectivity index (χ3n) is 6.91. The van der Waals surface area contributed by atoms with Crippen molar-refractivity contribution in [2.75, 3.05) is 19.8 Å². The Morgan fingerprint density at radius 3 is 2.51 bits per heavy atom. The highest BCUT2D eigenvalue weighted by Gasteiger charge is 2.33. The monoisotopic (exact) mass is 579 g/mol. The van der Waals surface area contributed by atoms with Gasteiger partial charge >= 0.3 is 12.1 Å². The van der Waals surface area contributed by atoms with E-state index in [-0.39, 0.29) is 19.2 Å². The molecule has 0 saturated heterocycles. The van der Waals surface area contributed by atoms with E-state index < -0.39 is 23.8 Å². The Kier molecular flexibility index (Phi) is 9.94. The van der Waals surface area contributed by atoms with Gasteiger partial charge in [-0.1, -0.05) is 54.1 Å². The normalized spacial score (nSPS) is 15.4. The molecule has 0 unspecified atom stereocenters. The molecule has 3 aromatic rings. The van der Waals surface area contributed by atoms with Crippen molar-refractivity contribution in [3.63, 3.8) is 0 Å². The smallest absolute Gasteiger partial charge is 0.410 e. The van der Waals surface area contributed by atoms with Gasteiger partial charge in [0.05, 0.1) is 19.3 Å². The fourth-order valence-corrected chi connectivity index (χ4v) is 5.19. The van der Waals surface area contributed by atoms with Crippen LogP contribution in [0.3, 0.4) is 0 Å². The molecular weight excluding hydrogens is 542 g/mol. The Morgan fingerprint density at radius 2 is 1.78 bits per heavy atom. The zero-order chi connectivity index (χ0) is 29.6. The quantitative estimate of drug-likeness (QED) is 0.281. The minimum Gasteiger partial charge on any atom is -0.482 e. The second kappa shape index (κ2) is 13.4. The van der Waals surface area contributed by atoms with E-state index in [1.54, 1.807) is 42.2 Å². The first-order chi connectivity index (χ1) is 19.5. The SMILES string of the molecule is CCOC(=O)COc1cccc(-c2ccc3c(c2)C[C@@H](N(C[C@H](O)c2cccc(Cl)c2)C(=O)OC(C)(C)C)CC3)c1. The van der Waals surface area contributed by atoms with E-state index in [9.17, 15) is 14.7 Å². The van der Waals surface area contributed by atoms with Crippen LogP contribution in [0.2, 0.25) is 5.02 Å². The minimum absolute atomic E-state index is 0.0921. The lowest BCUT2D eigenvalue weighted by Gasteiger charge is -2.37. The van der Waals surface area contributed by atoms with Crippen LogP contribution in [0.1, 0.15) is 56.9 Å². The Hall–Kier alpha value is -3.55.